The molecule has 0 saturated carbocycles. The molecule has 5 heteroatoms. The highest BCUT2D eigenvalue weighted by Gasteiger charge is 2.29. The second kappa shape index (κ2) is 12.1. The van der Waals surface area contributed by atoms with Crippen molar-refractivity contribution in [2.45, 2.75) is 37.2 Å². The molecule has 3 aromatic carbocycles. The molecule has 0 radical (unpaired) electrons. The summed E-state index contributed by atoms with van der Waals surface area (Å²) in [6.45, 7) is 2.45. The minimum absolute atomic E-state index is 0.0128. The van der Waals surface area contributed by atoms with E-state index < -0.39 is 6.04 Å². The Morgan fingerprint density at radius 3 is 2.19 bits per heavy atom. The van der Waals surface area contributed by atoms with Crippen molar-refractivity contribution in [3.63, 3.8) is 0 Å². The molecule has 3 rings (SSSR count). The molecule has 1 N–H and O–H groups in total. The largest absolute Gasteiger partial charge is 0.357 e. The lowest BCUT2D eigenvalue weighted by atomic mass is 10.0. The highest BCUT2D eigenvalue weighted by molar-refractivity contribution is 7.99. The predicted molar refractivity (Wildman–Crippen MR) is 132 cm³/mol. The van der Waals surface area contributed by atoms with Crippen molar-refractivity contribution < 1.29 is 9.59 Å². The summed E-state index contributed by atoms with van der Waals surface area (Å²) in [6, 6.07) is 27.4. The molecule has 0 aromatic heterocycles. The Kier molecular flexibility index (Phi) is 8.93. The van der Waals surface area contributed by atoms with E-state index in [2.05, 4.69) is 5.32 Å². The molecular formula is C27H30N2O2S. The molecule has 166 valence electrons. The predicted octanol–water partition coefficient (Wildman–Crippen LogP) is 4.86. The molecule has 1 atom stereocenters. The van der Waals surface area contributed by atoms with Gasteiger partial charge >= 0.3 is 0 Å². The summed E-state index contributed by atoms with van der Waals surface area (Å²) in [6.07, 6.45) is 0.845. The van der Waals surface area contributed by atoms with Crippen LogP contribution in [0, 0.1) is 6.92 Å². The fourth-order valence-corrected chi connectivity index (χ4v) is 4.47. The third-order valence-corrected chi connectivity index (χ3v) is 6.46. The van der Waals surface area contributed by atoms with Gasteiger partial charge in [-0.25, -0.2) is 0 Å². The molecular weight excluding hydrogens is 416 g/mol. The van der Waals surface area contributed by atoms with Crippen LogP contribution in [0.1, 0.15) is 23.1 Å². The van der Waals surface area contributed by atoms with Gasteiger partial charge in [0.25, 0.3) is 0 Å². The number of amides is 2. The van der Waals surface area contributed by atoms with Gasteiger partial charge in [-0.1, -0.05) is 72.8 Å². The van der Waals surface area contributed by atoms with Crippen LogP contribution in [0.2, 0.25) is 0 Å². The summed E-state index contributed by atoms with van der Waals surface area (Å²) in [5.41, 5.74) is 3.19. The molecule has 4 nitrogen and oxygen atoms in total. The van der Waals surface area contributed by atoms with Crippen LogP contribution in [0.5, 0.6) is 0 Å². The summed E-state index contributed by atoms with van der Waals surface area (Å²) >= 11 is 1.66. The number of rotatable bonds is 10. The van der Waals surface area contributed by atoms with Crippen LogP contribution < -0.4 is 5.32 Å². The average Bonchev–Trinajstić information content (AvgIpc) is 2.83. The normalized spacial score (nSPS) is 11.6. The first-order valence-corrected chi connectivity index (χ1v) is 11.8. The Morgan fingerprint density at radius 2 is 1.53 bits per heavy atom. The summed E-state index contributed by atoms with van der Waals surface area (Å²) in [5, 5.41) is 2.76. The van der Waals surface area contributed by atoms with Crippen molar-refractivity contribution in [2.24, 2.45) is 0 Å². The number of likely N-dealkylation sites (N-methyl/N-ethyl adjacent to an activating group) is 1. The van der Waals surface area contributed by atoms with Gasteiger partial charge in [0.1, 0.15) is 6.04 Å². The lowest BCUT2D eigenvalue weighted by Crippen LogP contribution is -2.49. The van der Waals surface area contributed by atoms with E-state index in [1.807, 2.05) is 91.9 Å². The minimum Gasteiger partial charge on any atom is -0.357 e. The lowest BCUT2D eigenvalue weighted by molar-refractivity contribution is -0.140. The lowest BCUT2D eigenvalue weighted by Gasteiger charge is -2.31. The zero-order chi connectivity index (χ0) is 22.8. The molecule has 0 heterocycles. The molecule has 2 amide bonds. The molecule has 0 aliphatic rings. The van der Waals surface area contributed by atoms with E-state index in [-0.39, 0.29) is 11.8 Å². The summed E-state index contributed by atoms with van der Waals surface area (Å²) in [4.78, 5) is 29.2. The fraction of sp³-hybridized carbons (Fsp3) is 0.259. The standard InChI is InChI=1S/C27H30N2O2S/c1-21-11-9-10-14-23(21)20-29(26(30)17-18-32-24-15-7-4-8-16-24)25(27(31)28-2)19-22-12-5-3-6-13-22/h3-16,25H,17-20H2,1-2H3,(H,28,31)/t25-/m1/s1. The van der Waals surface area contributed by atoms with E-state index >= 15 is 0 Å². The topological polar surface area (TPSA) is 49.4 Å². The van der Waals surface area contributed by atoms with Gasteiger partial charge in [0.2, 0.25) is 11.8 Å². The third-order valence-electron chi connectivity index (χ3n) is 5.45. The Bertz CT molecular complexity index is 1010. The zero-order valence-electron chi connectivity index (χ0n) is 18.7. The fourth-order valence-electron chi connectivity index (χ4n) is 3.61. The molecule has 0 bridgehead atoms. The van der Waals surface area contributed by atoms with Gasteiger partial charge in [-0.3, -0.25) is 9.59 Å². The molecule has 3 aromatic rings. The van der Waals surface area contributed by atoms with Crippen LogP contribution in [-0.4, -0.2) is 35.6 Å². The van der Waals surface area contributed by atoms with Gasteiger partial charge in [-0.2, -0.15) is 0 Å². The first-order chi connectivity index (χ1) is 15.6. The maximum Gasteiger partial charge on any atom is 0.242 e. The summed E-state index contributed by atoms with van der Waals surface area (Å²) in [5.74, 6) is 0.506. The molecule has 0 fully saturated rings. The van der Waals surface area contributed by atoms with E-state index in [1.165, 1.54) is 0 Å². The van der Waals surface area contributed by atoms with Gasteiger partial charge in [0.05, 0.1) is 0 Å². The summed E-state index contributed by atoms with van der Waals surface area (Å²) < 4.78 is 0. The second-order valence-electron chi connectivity index (χ2n) is 7.68. The van der Waals surface area contributed by atoms with Crippen molar-refractivity contribution in [3.05, 3.63) is 102 Å². The van der Waals surface area contributed by atoms with E-state index in [9.17, 15) is 9.59 Å². The van der Waals surface area contributed by atoms with Crippen LogP contribution in [0.25, 0.3) is 0 Å². The SMILES string of the molecule is CNC(=O)[C@@H](Cc1ccccc1)N(Cc1ccccc1C)C(=O)CCSc1ccccc1. The molecule has 0 aliphatic carbocycles. The Labute approximate surface area is 195 Å². The number of hydrogen-bond acceptors (Lipinski definition) is 3. The number of thioether (sulfide) groups is 1. The van der Waals surface area contributed by atoms with Crippen molar-refractivity contribution in [3.8, 4) is 0 Å². The van der Waals surface area contributed by atoms with Crippen molar-refractivity contribution >= 4 is 23.6 Å². The van der Waals surface area contributed by atoms with Crippen LogP contribution in [-0.2, 0) is 22.6 Å². The number of aryl methyl sites for hydroxylation is 1. The molecule has 0 unspecified atom stereocenters. The Morgan fingerprint density at radius 1 is 0.906 bits per heavy atom. The first-order valence-electron chi connectivity index (χ1n) is 10.9. The molecule has 32 heavy (non-hydrogen) atoms. The van der Waals surface area contributed by atoms with Gasteiger partial charge in [0.15, 0.2) is 0 Å². The Balaban J connectivity index is 1.82. The summed E-state index contributed by atoms with van der Waals surface area (Å²) in [7, 11) is 1.63. The zero-order valence-corrected chi connectivity index (χ0v) is 19.5. The number of benzene rings is 3. The van der Waals surface area contributed by atoms with Crippen LogP contribution in [0.3, 0.4) is 0 Å². The first kappa shape index (κ1) is 23.6. The maximum absolute atomic E-state index is 13.4. The number of carbonyl (C=O) groups is 2. The minimum atomic E-state index is -0.573. The van der Waals surface area contributed by atoms with Crippen molar-refractivity contribution in [1.82, 2.24) is 10.2 Å². The van der Waals surface area contributed by atoms with Crippen LogP contribution in [0.4, 0.5) is 0 Å². The number of carbonyl (C=O) groups excluding carboxylic acids is 2. The Hall–Kier alpha value is -3.05. The van der Waals surface area contributed by atoms with E-state index in [0.29, 0.717) is 25.1 Å². The smallest absolute Gasteiger partial charge is 0.242 e. The molecule has 0 saturated heterocycles. The quantitative estimate of drug-likeness (QED) is 0.452. The van der Waals surface area contributed by atoms with Gasteiger partial charge in [-0.05, 0) is 35.7 Å². The highest BCUT2D eigenvalue weighted by atomic mass is 32.2. The monoisotopic (exact) mass is 446 g/mol. The third kappa shape index (κ3) is 6.72. The molecule has 0 spiro atoms. The van der Waals surface area contributed by atoms with E-state index in [0.717, 1.165) is 21.6 Å². The van der Waals surface area contributed by atoms with Crippen molar-refractivity contribution in [2.75, 3.05) is 12.8 Å². The highest BCUT2D eigenvalue weighted by Crippen LogP contribution is 2.21. The molecule has 0 aliphatic heterocycles. The van der Waals surface area contributed by atoms with Gasteiger partial charge in [-0.15, -0.1) is 11.8 Å². The van der Waals surface area contributed by atoms with E-state index in [4.69, 9.17) is 0 Å². The van der Waals surface area contributed by atoms with Gasteiger partial charge in [0, 0.05) is 37.1 Å². The van der Waals surface area contributed by atoms with Gasteiger partial charge < -0.3 is 10.2 Å². The number of nitrogens with one attached hydrogen (secondary N) is 1. The maximum atomic E-state index is 13.4. The number of nitrogens with zero attached hydrogens (tertiary/aromatic N) is 1. The van der Waals surface area contributed by atoms with Crippen LogP contribution >= 0.6 is 11.8 Å². The average molecular weight is 447 g/mol. The van der Waals surface area contributed by atoms with E-state index in [1.54, 1.807) is 23.7 Å². The van der Waals surface area contributed by atoms with Crippen molar-refractivity contribution in [1.29, 1.82) is 0 Å². The number of hydrogen-bond donors (Lipinski definition) is 1. The second-order valence-corrected chi connectivity index (χ2v) is 8.85. The van der Waals surface area contributed by atoms with Crippen LogP contribution in [0.15, 0.2) is 89.8 Å².